The maximum atomic E-state index is 13.7. The zero-order valence-electron chi connectivity index (χ0n) is 10.9. The Balaban J connectivity index is 2.18. The number of amides is 1. The Morgan fingerprint density at radius 2 is 2.17 bits per heavy atom. The van der Waals surface area contributed by atoms with Crippen LogP contribution in [0.5, 0.6) is 0 Å². The summed E-state index contributed by atoms with van der Waals surface area (Å²) < 4.78 is 13.7. The Morgan fingerprint density at radius 1 is 1.39 bits per heavy atom. The molecule has 0 aliphatic carbocycles. The van der Waals surface area contributed by atoms with Crippen molar-refractivity contribution in [2.75, 3.05) is 6.54 Å². The highest BCUT2D eigenvalue weighted by Gasteiger charge is 2.27. The summed E-state index contributed by atoms with van der Waals surface area (Å²) in [7, 11) is 0. The minimum absolute atomic E-state index is 0.147. The molecule has 1 fully saturated rings. The monoisotopic (exact) mass is 249 g/mol. The lowest BCUT2D eigenvalue weighted by Gasteiger charge is -2.36. The highest BCUT2D eigenvalue weighted by molar-refractivity contribution is 5.94. The molecule has 1 aromatic carbocycles. The van der Waals surface area contributed by atoms with Crippen LogP contribution in [0.2, 0.25) is 0 Å². The fourth-order valence-corrected chi connectivity index (χ4v) is 2.69. The molecule has 18 heavy (non-hydrogen) atoms. The summed E-state index contributed by atoms with van der Waals surface area (Å²) >= 11 is 0. The molecule has 0 radical (unpaired) electrons. The van der Waals surface area contributed by atoms with Crippen LogP contribution in [0.25, 0.3) is 0 Å². The molecule has 1 aromatic rings. The Kier molecular flexibility index (Phi) is 4.34. The SMILES string of the molecule is CCCC1CCCCN1C(=O)c1ccccc1F. The first-order chi connectivity index (χ1) is 8.74. The molecule has 1 amide bonds. The van der Waals surface area contributed by atoms with Gasteiger partial charge in [0.05, 0.1) is 5.56 Å². The van der Waals surface area contributed by atoms with Crippen molar-refractivity contribution in [2.45, 2.75) is 45.1 Å². The second-order valence-electron chi connectivity index (χ2n) is 4.92. The van der Waals surface area contributed by atoms with Gasteiger partial charge in [0.25, 0.3) is 5.91 Å². The van der Waals surface area contributed by atoms with Crippen LogP contribution >= 0.6 is 0 Å². The summed E-state index contributed by atoms with van der Waals surface area (Å²) in [6, 6.07) is 6.55. The van der Waals surface area contributed by atoms with Gasteiger partial charge in [-0.25, -0.2) is 4.39 Å². The highest BCUT2D eigenvalue weighted by atomic mass is 19.1. The van der Waals surface area contributed by atoms with Crippen molar-refractivity contribution >= 4 is 5.91 Å². The van der Waals surface area contributed by atoms with E-state index in [1.807, 2.05) is 4.90 Å². The Bertz CT molecular complexity index is 417. The number of nitrogens with zero attached hydrogens (tertiary/aromatic N) is 1. The molecule has 1 heterocycles. The zero-order chi connectivity index (χ0) is 13.0. The summed E-state index contributed by atoms with van der Waals surface area (Å²) in [4.78, 5) is 14.3. The molecule has 3 heteroatoms. The quantitative estimate of drug-likeness (QED) is 0.801. The van der Waals surface area contributed by atoms with E-state index in [2.05, 4.69) is 6.92 Å². The maximum absolute atomic E-state index is 13.7. The maximum Gasteiger partial charge on any atom is 0.257 e. The topological polar surface area (TPSA) is 20.3 Å². The van der Waals surface area contributed by atoms with Gasteiger partial charge in [-0.2, -0.15) is 0 Å². The van der Waals surface area contributed by atoms with Gasteiger partial charge >= 0.3 is 0 Å². The van der Waals surface area contributed by atoms with E-state index in [1.54, 1.807) is 18.2 Å². The molecule has 0 spiro atoms. The van der Waals surface area contributed by atoms with Crippen LogP contribution in [0, 0.1) is 5.82 Å². The second kappa shape index (κ2) is 5.98. The lowest BCUT2D eigenvalue weighted by molar-refractivity contribution is 0.0596. The minimum Gasteiger partial charge on any atom is -0.336 e. The summed E-state index contributed by atoms with van der Waals surface area (Å²) in [6.45, 7) is 2.89. The van der Waals surface area contributed by atoms with Crippen LogP contribution in [0.3, 0.4) is 0 Å². The molecule has 0 saturated carbocycles. The number of hydrogen-bond acceptors (Lipinski definition) is 1. The van der Waals surface area contributed by atoms with Crippen molar-refractivity contribution < 1.29 is 9.18 Å². The van der Waals surface area contributed by atoms with Gasteiger partial charge in [0.2, 0.25) is 0 Å². The van der Waals surface area contributed by atoms with E-state index in [0.29, 0.717) is 0 Å². The van der Waals surface area contributed by atoms with Crippen molar-refractivity contribution in [1.82, 2.24) is 4.90 Å². The number of benzene rings is 1. The van der Waals surface area contributed by atoms with Crippen molar-refractivity contribution in [3.05, 3.63) is 35.6 Å². The summed E-state index contributed by atoms with van der Waals surface area (Å²) in [6.07, 6.45) is 5.33. The molecule has 1 unspecified atom stereocenters. The van der Waals surface area contributed by atoms with Gasteiger partial charge in [-0.3, -0.25) is 4.79 Å². The fourth-order valence-electron chi connectivity index (χ4n) is 2.69. The van der Waals surface area contributed by atoms with Crippen LogP contribution in [0.1, 0.15) is 49.4 Å². The number of rotatable bonds is 3. The average molecular weight is 249 g/mol. The van der Waals surface area contributed by atoms with E-state index >= 15 is 0 Å². The zero-order valence-corrected chi connectivity index (χ0v) is 10.9. The molecule has 1 saturated heterocycles. The van der Waals surface area contributed by atoms with Crippen molar-refractivity contribution in [3.63, 3.8) is 0 Å². The molecular formula is C15H20FNO. The van der Waals surface area contributed by atoms with Crippen molar-refractivity contribution in [1.29, 1.82) is 0 Å². The molecule has 2 nitrogen and oxygen atoms in total. The van der Waals surface area contributed by atoms with Gasteiger partial charge < -0.3 is 4.90 Å². The third-order valence-corrected chi connectivity index (χ3v) is 3.61. The Labute approximate surface area is 108 Å². The van der Waals surface area contributed by atoms with E-state index in [4.69, 9.17) is 0 Å². The van der Waals surface area contributed by atoms with Crippen LogP contribution in [0.4, 0.5) is 4.39 Å². The van der Waals surface area contributed by atoms with E-state index < -0.39 is 5.82 Å². The van der Waals surface area contributed by atoms with Gasteiger partial charge in [-0.15, -0.1) is 0 Å². The van der Waals surface area contributed by atoms with Gasteiger partial charge in [0.1, 0.15) is 5.82 Å². The molecule has 1 aliphatic heterocycles. The Morgan fingerprint density at radius 3 is 2.89 bits per heavy atom. The molecule has 1 aliphatic rings. The molecule has 0 bridgehead atoms. The van der Waals surface area contributed by atoms with Crippen LogP contribution in [-0.4, -0.2) is 23.4 Å². The summed E-state index contributed by atoms with van der Waals surface area (Å²) in [5, 5.41) is 0. The molecule has 1 atom stereocenters. The van der Waals surface area contributed by atoms with E-state index in [1.165, 1.54) is 12.5 Å². The highest BCUT2D eigenvalue weighted by Crippen LogP contribution is 2.23. The standard InChI is InChI=1S/C15H20FNO/c1-2-7-12-8-5-6-11-17(12)15(18)13-9-3-4-10-14(13)16/h3-4,9-10,12H,2,5-8,11H2,1H3. The molecule has 2 rings (SSSR count). The number of piperidine rings is 1. The number of hydrogen-bond donors (Lipinski definition) is 0. The minimum atomic E-state index is -0.414. The molecule has 0 N–H and O–H groups in total. The number of carbonyl (C=O) groups excluding carboxylic acids is 1. The largest absolute Gasteiger partial charge is 0.336 e. The third kappa shape index (κ3) is 2.71. The van der Waals surface area contributed by atoms with Crippen molar-refractivity contribution in [3.8, 4) is 0 Å². The normalized spacial score (nSPS) is 19.9. The molecule has 0 aromatic heterocycles. The van der Waals surface area contributed by atoms with Gasteiger partial charge in [0, 0.05) is 12.6 Å². The fraction of sp³-hybridized carbons (Fsp3) is 0.533. The first-order valence-corrected chi connectivity index (χ1v) is 6.79. The molecular weight excluding hydrogens is 229 g/mol. The van der Waals surface area contributed by atoms with E-state index in [0.717, 1.165) is 32.2 Å². The summed E-state index contributed by atoms with van der Waals surface area (Å²) in [5.41, 5.74) is 0.209. The first-order valence-electron chi connectivity index (χ1n) is 6.79. The second-order valence-corrected chi connectivity index (χ2v) is 4.92. The average Bonchev–Trinajstić information content (AvgIpc) is 2.40. The Hall–Kier alpha value is -1.38. The number of carbonyl (C=O) groups is 1. The van der Waals surface area contributed by atoms with Crippen LogP contribution in [-0.2, 0) is 0 Å². The summed E-state index contributed by atoms with van der Waals surface area (Å²) in [5.74, 6) is -0.561. The van der Waals surface area contributed by atoms with Crippen molar-refractivity contribution in [2.24, 2.45) is 0 Å². The lowest BCUT2D eigenvalue weighted by Crippen LogP contribution is -2.43. The number of halogens is 1. The first kappa shape index (κ1) is 13.1. The van der Waals surface area contributed by atoms with Crippen LogP contribution < -0.4 is 0 Å². The lowest BCUT2D eigenvalue weighted by atomic mass is 9.97. The van der Waals surface area contributed by atoms with E-state index in [9.17, 15) is 9.18 Å². The predicted octanol–water partition coefficient (Wildman–Crippen LogP) is 3.62. The van der Waals surface area contributed by atoms with Gasteiger partial charge in [0.15, 0.2) is 0 Å². The predicted molar refractivity (Wildman–Crippen MR) is 70.0 cm³/mol. The molecule has 98 valence electrons. The van der Waals surface area contributed by atoms with E-state index in [-0.39, 0.29) is 17.5 Å². The number of likely N-dealkylation sites (tertiary alicyclic amines) is 1. The van der Waals surface area contributed by atoms with Gasteiger partial charge in [-0.05, 0) is 37.8 Å². The smallest absolute Gasteiger partial charge is 0.257 e. The van der Waals surface area contributed by atoms with Crippen LogP contribution in [0.15, 0.2) is 24.3 Å². The van der Waals surface area contributed by atoms with Gasteiger partial charge in [-0.1, -0.05) is 25.5 Å². The third-order valence-electron chi connectivity index (χ3n) is 3.61.